The van der Waals surface area contributed by atoms with E-state index in [0.717, 1.165) is 35.4 Å². The van der Waals surface area contributed by atoms with Gasteiger partial charge in [0.1, 0.15) is 9.88 Å². The Hall–Kier alpha value is -2.21. The number of hydrogen-bond donors (Lipinski definition) is 2. The molecule has 0 unspecified atom stereocenters. The predicted octanol–water partition coefficient (Wildman–Crippen LogP) is 4.19. The molecule has 122 valence electrons. The molecule has 0 aliphatic rings. The summed E-state index contributed by atoms with van der Waals surface area (Å²) in [5, 5.41) is 12.7. The molecule has 0 saturated carbocycles. The van der Waals surface area contributed by atoms with Gasteiger partial charge >= 0.3 is 5.97 Å². The van der Waals surface area contributed by atoms with Crippen LogP contribution in [0.5, 0.6) is 0 Å². The van der Waals surface area contributed by atoms with Gasteiger partial charge in [0.05, 0.1) is 5.69 Å². The zero-order valence-corrected chi connectivity index (χ0v) is 14.2. The number of amides is 1. The van der Waals surface area contributed by atoms with E-state index in [-0.39, 0.29) is 16.7 Å². The third-order valence-electron chi connectivity index (χ3n) is 3.75. The fraction of sp³-hybridized carbons (Fsp3) is 0.353. The lowest BCUT2D eigenvalue weighted by molar-refractivity contribution is -0.120. The lowest BCUT2D eigenvalue weighted by atomic mass is 10.0. The van der Waals surface area contributed by atoms with Crippen LogP contribution in [0.2, 0.25) is 0 Å². The Kier molecular flexibility index (Phi) is 5.50. The molecule has 0 fully saturated rings. The van der Waals surface area contributed by atoms with Crippen molar-refractivity contribution in [2.75, 3.05) is 5.32 Å². The van der Waals surface area contributed by atoms with Crippen LogP contribution < -0.4 is 5.32 Å². The number of hydrogen-bond acceptors (Lipinski definition) is 4. The Morgan fingerprint density at radius 1 is 1.22 bits per heavy atom. The zero-order valence-electron chi connectivity index (χ0n) is 13.4. The second-order valence-corrected chi connectivity index (χ2v) is 6.32. The van der Waals surface area contributed by atoms with Gasteiger partial charge in [-0.2, -0.15) is 0 Å². The molecule has 23 heavy (non-hydrogen) atoms. The number of anilines is 1. The summed E-state index contributed by atoms with van der Waals surface area (Å²) in [5.41, 5.74) is 2.09. The van der Waals surface area contributed by atoms with Gasteiger partial charge in [-0.3, -0.25) is 4.79 Å². The van der Waals surface area contributed by atoms with Gasteiger partial charge in [0.15, 0.2) is 0 Å². The van der Waals surface area contributed by atoms with E-state index in [1.165, 1.54) is 0 Å². The van der Waals surface area contributed by atoms with Crippen molar-refractivity contribution in [2.24, 2.45) is 5.92 Å². The molecule has 0 radical (unpaired) electrons. The zero-order chi connectivity index (χ0) is 17.0. The van der Waals surface area contributed by atoms with Crippen molar-refractivity contribution >= 4 is 28.9 Å². The quantitative estimate of drug-likeness (QED) is 0.831. The van der Waals surface area contributed by atoms with Gasteiger partial charge in [-0.05, 0) is 44.0 Å². The summed E-state index contributed by atoms with van der Waals surface area (Å²) in [6, 6.07) is 7.30. The summed E-state index contributed by atoms with van der Waals surface area (Å²) >= 11 is 1.15. The van der Waals surface area contributed by atoms with Gasteiger partial charge in [0.2, 0.25) is 5.91 Å². The minimum absolute atomic E-state index is 0.0226. The Morgan fingerprint density at radius 2 is 1.83 bits per heavy atom. The molecule has 6 heteroatoms. The number of aryl methyl sites for hydroxylation is 1. The molecule has 1 heterocycles. The molecule has 2 N–H and O–H groups in total. The molecular weight excluding hydrogens is 312 g/mol. The minimum Gasteiger partial charge on any atom is -0.477 e. The largest absolute Gasteiger partial charge is 0.477 e. The molecule has 0 aliphatic carbocycles. The smallest absolute Gasteiger partial charge is 0.347 e. The summed E-state index contributed by atoms with van der Waals surface area (Å²) in [4.78, 5) is 27.7. The second-order valence-electron chi connectivity index (χ2n) is 5.32. The predicted molar refractivity (Wildman–Crippen MR) is 91.9 cm³/mol. The fourth-order valence-electron chi connectivity index (χ4n) is 2.32. The highest BCUT2D eigenvalue weighted by atomic mass is 32.1. The maximum absolute atomic E-state index is 12.1. The van der Waals surface area contributed by atoms with E-state index in [9.17, 15) is 9.59 Å². The van der Waals surface area contributed by atoms with Gasteiger partial charge in [-0.1, -0.05) is 13.8 Å². The first-order valence-electron chi connectivity index (χ1n) is 7.58. The average Bonchev–Trinajstić information content (AvgIpc) is 2.91. The Morgan fingerprint density at radius 3 is 2.30 bits per heavy atom. The summed E-state index contributed by atoms with van der Waals surface area (Å²) in [6.07, 6.45) is 1.63. The van der Waals surface area contributed by atoms with Gasteiger partial charge < -0.3 is 10.4 Å². The molecule has 0 saturated heterocycles. The number of nitrogens with one attached hydrogen (secondary N) is 1. The lowest BCUT2D eigenvalue weighted by Gasteiger charge is -2.12. The van der Waals surface area contributed by atoms with Crippen molar-refractivity contribution in [3.05, 3.63) is 34.8 Å². The molecule has 2 aromatic rings. The molecular formula is C17H20N2O3S. The monoisotopic (exact) mass is 332 g/mol. The Bertz CT molecular complexity index is 703. The van der Waals surface area contributed by atoms with Crippen LogP contribution in [0.1, 0.15) is 42.1 Å². The third-order valence-corrected chi connectivity index (χ3v) is 4.94. The van der Waals surface area contributed by atoms with Crippen LogP contribution in [0.3, 0.4) is 0 Å². The number of carboxylic acids is 1. The SMILES string of the molecule is CCC(CC)C(=O)Nc1ccc(-c2nc(C)c(C(=O)O)s2)cc1. The van der Waals surface area contributed by atoms with Crippen molar-refractivity contribution < 1.29 is 14.7 Å². The molecule has 2 rings (SSSR count). The van der Waals surface area contributed by atoms with Gasteiger partial charge in [-0.15, -0.1) is 11.3 Å². The first kappa shape index (κ1) is 17.1. The minimum atomic E-state index is -0.958. The topological polar surface area (TPSA) is 79.3 Å². The molecule has 0 atom stereocenters. The summed E-state index contributed by atoms with van der Waals surface area (Å²) < 4.78 is 0. The van der Waals surface area contributed by atoms with Gasteiger partial charge in [-0.25, -0.2) is 9.78 Å². The van der Waals surface area contributed by atoms with Crippen molar-refractivity contribution in [1.29, 1.82) is 0 Å². The van der Waals surface area contributed by atoms with Gasteiger partial charge in [0, 0.05) is 17.2 Å². The first-order chi connectivity index (χ1) is 11.0. The molecule has 1 amide bonds. The maximum atomic E-state index is 12.1. The third kappa shape index (κ3) is 3.96. The number of benzene rings is 1. The summed E-state index contributed by atoms with van der Waals surface area (Å²) in [5.74, 6) is -0.907. The number of aromatic nitrogens is 1. The highest BCUT2D eigenvalue weighted by molar-refractivity contribution is 7.17. The van der Waals surface area contributed by atoms with Crippen LogP contribution in [0, 0.1) is 12.8 Å². The summed E-state index contributed by atoms with van der Waals surface area (Å²) in [6.45, 7) is 5.69. The number of carbonyl (C=O) groups is 2. The van der Waals surface area contributed by atoms with Crippen molar-refractivity contribution in [3.8, 4) is 10.6 Å². The standard InChI is InChI=1S/C17H20N2O3S/c1-4-11(5-2)15(20)19-13-8-6-12(7-9-13)16-18-10(3)14(23-16)17(21)22/h6-9,11H,4-5H2,1-3H3,(H,19,20)(H,21,22). The van der Waals surface area contributed by atoms with Crippen LogP contribution in [-0.2, 0) is 4.79 Å². The summed E-state index contributed by atoms with van der Waals surface area (Å²) in [7, 11) is 0. The number of nitrogens with zero attached hydrogens (tertiary/aromatic N) is 1. The molecule has 0 aliphatic heterocycles. The second kappa shape index (κ2) is 7.37. The van der Waals surface area contributed by atoms with Crippen LogP contribution in [-0.4, -0.2) is 22.0 Å². The number of carbonyl (C=O) groups excluding carboxylic acids is 1. The van der Waals surface area contributed by atoms with E-state index in [1.54, 1.807) is 6.92 Å². The van der Waals surface area contributed by atoms with Gasteiger partial charge in [0.25, 0.3) is 0 Å². The van der Waals surface area contributed by atoms with E-state index in [0.29, 0.717) is 10.7 Å². The van der Waals surface area contributed by atoms with Crippen LogP contribution in [0.4, 0.5) is 5.69 Å². The number of carboxylic acid groups (broad SMARTS) is 1. The van der Waals surface area contributed by atoms with Crippen LogP contribution in [0.15, 0.2) is 24.3 Å². The Labute approximate surface area is 139 Å². The first-order valence-corrected chi connectivity index (χ1v) is 8.39. The lowest BCUT2D eigenvalue weighted by Crippen LogP contribution is -2.21. The number of thiazole rings is 1. The Balaban J connectivity index is 2.15. The molecule has 0 bridgehead atoms. The van der Waals surface area contributed by atoms with Crippen LogP contribution >= 0.6 is 11.3 Å². The van der Waals surface area contributed by atoms with E-state index in [2.05, 4.69) is 10.3 Å². The average molecular weight is 332 g/mol. The van der Waals surface area contributed by atoms with Crippen molar-refractivity contribution in [1.82, 2.24) is 4.98 Å². The highest BCUT2D eigenvalue weighted by Crippen LogP contribution is 2.29. The van der Waals surface area contributed by atoms with Crippen LogP contribution in [0.25, 0.3) is 10.6 Å². The molecule has 0 spiro atoms. The maximum Gasteiger partial charge on any atom is 0.347 e. The fourth-order valence-corrected chi connectivity index (χ4v) is 3.23. The van der Waals surface area contributed by atoms with E-state index in [1.807, 2.05) is 38.1 Å². The highest BCUT2D eigenvalue weighted by Gasteiger charge is 2.16. The van der Waals surface area contributed by atoms with E-state index < -0.39 is 5.97 Å². The van der Waals surface area contributed by atoms with E-state index in [4.69, 9.17) is 5.11 Å². The molecule has 1 aromatic heterocycles. The normalized spacial score (nSPS) is 10.8. The van der Waals surface area contributed by atoms with E-state index >= 15 is 0 Å². The molecule has 1 aromatic carbocycles. The van der Waals surface area contributed by atoms with Crippen molar-refractivity contribution in [3.63, 3.8) is 0 Å². The van der Waals surface area contributed by atoms with Crippen molar-refractivity contribution in [2.45, 2.75) is 33.6 Å². The molecule has 5 nitrogen and oxygen atoms in total. The number of aromatic carboxylic acids is 1. The number of rotatable bonds is 6.